The lowest BCUT2D eigenvalue weighted by Gasteiger charge is -2.21. The van der Waals surface area contributed by atoms with Gasteiger partial charge < -0.3 is 9.30 Å². The fourth-order valence-corrected chi connectivity index (χ4v) is 5.29. The number of carbonyl (C=O) groups is 1. The molecule has 1 N–H and O–H groups in total. The molecule has 0 saturated heterocycles. The maximum absolute atomic E-state index is 12.6. The number of carbonyl (C=O) groups excluding carboxylic acids is 1. The van der Waals surface area contributed by atoms with Crippen molar-refractivity contribution in [3.63, 3.8) is 0 Å². The van der Waals surface area contributed by atoms with Crippen LogP contribution in [0, 0.1) is 13.8 Å². The van der Waals surface area contributed by atoms with Crippen LogP contribution in [0.4, 0.5) is 5.69 Å². The van der Waals surface area contributed by atoms with E-state index in [1.54, 1.807) is 30.5 Å². The van der Waals surface area contributed by atoms with Gasteiger partial charge in [-0.25, -0.2) is 13.8 Å². The standard InChI is InChI=1S/C28H27BrN4O4S/c1-20-17-22(21(2)33(20)27-12-8-7-11-26(27)29)18-30-31-28(34)19-32(38(3,35)36)23-13-15-25(16-14-23)37-24-9-5-4-6-10-24/h4-18H,19H2,1-3H3,(H,31,34)/b30-18-. The van der Waals surface area contributed by atoms with Gasteiger partial charge in [0.2, 0.25) is 10.0 Å². The molecule has 38 heavy (non-hydrogen) atoms. The highest BCUT2D eigenvalue weighted by Crippen LogP contribution is 2.27. The number of hydrogen-bond donors (Lipinski definition) is 1. The van der Waals surface area contributed by atoms with Gasteiger partial charge >= 0.3 is 0 Å². The Labute approximate surface area is 230 Å². The number of hydrogen-bond acceptors (Lipinski definition) is 5. The molecule has 0 unspecified atom stereocenters. The first-order valence-electron chi connectivity index (χ1n) is 11.7. The molecule has 0 aliphatic rings. The average molecular weight is 596 g/mol. The zero-order valence-electron chi connectivity index (χ0n) is 21.1. The smallest absolute Gasteiger partial charge is 0.260 e. The molecule has 1 amide bonds. The lowest BCUT2D eigenvalue weighted by molar-refractivity contribution is -0.119. The number of anilines is 1. The lowest BCUT2D eigenvalue weighted by atomic mass is 10.2. The van der Waals surface area contributed by atoms with E-state index in [2.05, 4.69) is 31.0 Å². The van der Waals surface area contributed by atoms with Gasteiger partial charge in [-0.1, -0.05) is 30.3 Å². The van der Waals surface area contributed by atoms with Crippen molar-refractivity contribution in [2.45, 2.75) is 13.8 Å². The third-order valence-corrected chi connectivity index (χ3v) is 7.56. The number of nitrogens with zero attached hydrogens (tertiary/aromatic N) is 3. The first kappa shape index (κ1) is 27.2. The first-order chi connectivity index (χ1) is 18.1. The maximum Gasteiger partial charge on any atom is 0.260 e. The van der Waals surface area contributed by atoms with Gasteiger partial charge in [0.15, 0.2) is 0 Å². The van der Waals surface area contributed by atoms with E-state index in [0.29, 0.717) is 17.2 Å². The molecule has 4 aromatic rings. The van der Waals surface area contributed by atoms with Crippen LogP contribution in [0.25, 0.3) is 5.69 Å². The van der Waals surface area contributed by atoms with Crippen molar-refractivity contribution in [3.8, 4) is 17.2 Å². The Morgan fingerprint density at radius 3 is 2.29 bits per heavy atom. The lowest BCUT2D eigenvalue weighted by Crippen LogP contribution is -2.39. The fraction of sp³-hybridized carbons (Fsp3) is 0.143. The Kier molecular flexibility index (Phi) is 8.33. The highest BCUT2D eigenvalue weighted by atomic mass is 79.9. The van der Waals surface area contributed by atoms with E-state index in [4.69, 9.17) is 4.74 Å². The second-order valence-electron chi connectivity index (χ2n) is 8.59. The minimum absolute atomic E-state index is 0.337. The van der Waals surface area contributed by atoms with Crippen molar-refractivity contribution in [3.05, 3.63) is 106 Å². The molecule has 8 nitrogen and oxygen atoms in total. The maximum atomic E-state index is 12.6. The van der Waals surface area contributed by atoms with Gasteiger partial charge in [-0.05, 0) is 84.4 Å². The van der Waals surface area contributed by atoms with Crippen molar-refractivity contribution in [2.75, 3.05) is 17.1 Å². The third kappa shape index (κ3) is 6.51. The summed E-state index contributed by atoms with van der Waals surface area (Å²) in [6.45, 7) is 3.53. The Morgan fingerprint density at radius 2 is 1.63 bits per heavy atom. The molecule has 0 spiro atoms. The van der Waals surface area contributed by atoms with Crippen LogP contribution in [0.5, 0.6) is 11.5 Å². The van der Waals surface area contributed by atoms with E-state index in [0.717, 1.165) is 37.7 Å². The molecule has 0 atom stereocenters. The number of rotatable bonds is 9. The van der Waals surface area contributed by atoms with Gasteiger partial charge in [-0.3, -0.25) is 9.10 Å². The van der Waals surface area contributed by atoms with Crippen LogP contribution >= 0.6 is 15.9 Å². The molecule has 0 bridgehead atoms. The molecule has 4 rings (SSSR count). The number of halogens is 1. The second kappa shape index (κ2) is 11.7. The van der Waals surface area contributed by atoms with Crippen LogP contribution in [0.15, 0.2) is 94.5 Å². The zero-order valence-corrected chi connectivity index (χ0v) is 23.5. The molecule has 0 aliphatic heterocycles. The van der Waals surface area contributed by atoms with E-state index in [-0.39, 0.29) is 0 Å². The summed E-state index contributed by atoms with van der Waals surface area (Å²) >= 11 is 3.59. The highest BCUT2D eigenvalue weighted by Gasteiger charge is 2.21. The van der Waals surface area contributed by atoms with Crippen LogP contribution in [-0.4, -0.2) is 37.9 Å². The number of ether oxygens (including phenoxy) is 1. The van der Waals surface area contributed by atoms with E-state index in [1.165, 1.54) is 0 Å². The minimum atomic E-state index is -3.73. The second-order valence-corrected chi connectivity index (χ2v) is 11.3. The van der Waals surface area contributed by atoms with Crippen molar-refractivity contribution < 1.29 is 17.9 Å². The van der Waals surface area contributed by atoms with Gasteiger partial charge in [0.25, 0.3) is 5.91 Å². The van der Waals surface area contributed by atoms with Crippen LogP contribution in [-0.2, 0) is 14.8 Å². The van der Waals surface area contributed by atoms with Gasteiger partial charge in [-0.2, -0.15) is 5.10 Å². The predicted octanol–water partition coefficient (Wildman–Crippen LogP) is 5.57. The topological polar surface area (TPSA) is 93.0 Å². The zero-order chi connectivity index (χ0) is 27.3. The van der Waals surface area contributed by atoms with Crippen molar-refractivity contribution in [2.24, 2.45) is 5.10 Å². The van der Waals surface area contributed by atoms with E-state index in [1.807, 2.05) is 74.5 Å². The van der Waals surface area contributed by atoms with Crippen LogP contribution in [0.2, 0.25) is 0 Å². The summed E-state index contributed by atoms with van der Waals surface area (Å²) in [5.41, 5.74) is 6.55. The van der Waals surface area contributed by atoms with Crippen molar-refractivity contribution >= 4 is 43.8 Å². The summed E-state index contributed by atoms with van der Waals surface area (Å²) in [4.78, 5) is 12.6. The number of amides is 1. The monoisotopic (exact) mass is 594 g/mol. The number of sulfonamides is 1. The van der Waals surface area contributed by atoms with Crippen molar-refractivity contribution in [1.82, 2.24) is 9.99 Å². The number of benzene rings is 3. The van der Waals surface area contributed by atoms with E-state index >= 15 is 0 Å². The van der Waals surface area contributed by atoms with Crippen LogP contribution < -0.4 is 14.5 Å². The molecular weight excluding hydrogens is 568 g/mol. The molecule has 1 aromatic heterocycles. The molecule has 0 saturated carbocycles. The van der Waals surface area contributed by atoms with Crippen LogP contribution in [0.3, 0.4) is 0 Å². The minimum Gasteiger partial charge on any atom is -0.457 e. The number of hydrazone groups is 1. The number of nitrogens with one attached hydrogen (secondary N) is 1. The molecule has 0 fully saturated rings. The Hall–Kier alpha value is -3.89. The number of para-hydroxylation sites is 2. The fourth-order valence-electron chi connectivity index (χ4n) is 3.97. The summed E-state index contributed by atoms with van der Waals surface area (Å²) in [7, 11) is -3.73. The summed E-state index contributed by atoms with van der Waals surface area (Å²) < 4.78 is 34.7. The summed E-state index contributed by atoms with van der Waals surface area (Å²) in [5, 5.41) is 4.07. The summed E-state index contributed by atoms with van der Waals surface area (Å²) in [6.07, 6.45) is 2.60. The normalized spacial score (nSPS) is 11.5. The average Bonchev–Trinajstić information content (AvgIpc) is 3.16. The summed E-state index contributed by atoms with van der Waals surface area (Å²) in [6, 6.07) is 25.6. The quantitative estimate of drug-likeness (QED) is 0.203. The van der Waals surface area contributed by atoms with E-state index in [9.17, 15) is 13.2 Å². The molecular formula is C28H27BrN4O4S. The van der Waals surface area contributed by atoms with Gasteiger partial charge in [0.05, 0.1) is 23.8 Å². The Bertz CT molecular complexity index is 1570. The highest BCUT2D eigenvalue weighted by molar-refractivity contribution is 9.10. The number of aromatic nitrogens is 1. The van der Waals surface area contributed by atoms with Crippen LogP contribution in [0.1, 0.15) is 17.0 Å². The largest absolute Gasteiger partial charge is 0.457 e. The molecule has 0 aliphatic carbocycles. The number of aryl methyl sites for hydroxylation is 1. The molecule has 196 valence electrons. The predicted molar refractivity (Wildman–Crippen MR) is 154 cm³/mol. The Balaban J connectivity index is 1.44. The Morgan fingerprint density at radius 1 is 1.00 bits per heavy atom. The molecule has 10 heteroatoms. The summed E-state index contributed by atoms with van der Waals surface area (Å²) in [5.74, 6) is 0.633. The first-order valence-corrected chi connectivity index (χ1v) is 14.3. The molecule has 1 heterocycles. The van der Waals surface area contributed by atoms with E-state index < -0.39 is 22.5 Å². The van der Waals surface area contributed by atoms with Gasteiger partial charge in [0.1, 0.15) is 18.0 Å². The SMILES string of the molecule is Cc1cc(/C=N\NC(=O)CN(c2ccc(Oc3ccccc3)cc2)S(C)(=O)=O)c(C)n1-c1ccccc1Br. The van der Waals surface area contributed by atoms with Gasteiger partial charge in [0, 0.05) is 21.4 Å². The molecule has 0 radical (unpaired) electrons. The third-order valence-electron chi connectivity index (χ3n) is 5.75. The van der Waals surface area contributed by atoms with Gasteiger partial charge in [-0.15, -0.1) is 0 Å². The molecule has 3 aromatic carbocycles. The van der Waals surface area contributed by atoms with Crippen molar-refractivity contribution in [1.29, 1.82) is 0 Å².